The van der Waals surface area contributed by atoms with E-state index in [2.05, 4.69) is 0 Å². The Morgan fingerprint density at radius 1 is 0.900 bits per heavy atom. The topological polar surface area (TPSA) is 24.9 Å². The molecule has 0 radical (unpaired) electrons. The first-order valence-corrected chi connectivity index (χ1v) is 7.11. The second-order valence-electron chi connectivity index (χ2n) is 5.98. The van der Waals surface area contributed by atoms with E-state index in [1.165, 1.54) is 24.0 Å². The van der Waals surface area contributed by atoms with E-state index in [1.807, 2.05) is 27.7 Å². The second kappa shape index (κ2) is 6.22. The number of alkyl halides is 2. The van der Waals surface area contributed by atoms with Crippen LogP contribution in [0.15, 0.2) is 0 Å². The summed E-state index contributed by atoms with van der Waals surface area (Å²) in [6, 6.07) is 0. The number of hydrogen-bond acceptors (Lipinski definition) is 4. The highest BCUT2D eigenvalue weighted by atomic mass is 19.3. The van der Waals surface area contributed by atoms with Crippen LogP contribution < -0.4 is 0 Å². The van der Waals surface area contributed by atoms with Crippen LogP contribution in [0, 0.1) is 0 Å². The normalized spacial score (nSPS) is 30.0. The SMILES string of the molecule is CCC1(C)N(CCOC)C(F)(F)N(CCOC)C1(C)C. The first-order valence-electron chi connectivity index (χ1n) is 7.11. The van der Waals surface area contributed by atoms with Crippen LogP contribution in [-0.4, -0.2) is 67.6 Å². The van der Waals surface area contributed by atoms with E-state index < -0.39 is 17.2 Å². The third-order valence-corrected chi connectivity index (χ3v) is 4.96. The van der Waals surface area contributed by atoms with Crippen molar-refractivity contribution in [2.24, 2.45) is 0 Å². The molecule has 1 rings (SSSR count). The summed E-state index contributed by atoms with van der Waals surface area (Å²) in [6.07, 6.45) is -2.35. The molecule has 6 heteroatoms. The van der Waals surface area contributed by atoms with Crippen molar-refractivity contribution in [2.75, 3.05) is 40.5 Å². The standard InChI is InChI=1S/C14H28F2N2O2/c1-7-13(4)12(2,3)17(8-10-19-5)14(15,16)18(13)9-11-20-6/h7-11H2,1-6H3. The predicted molar refractivity (Wildman–Crippen MR) is 74.9 cm³/mol. The van der Waals surface area contributed by atoms with Crippen molar-refractivity contribution in [1.82, 2.24) is 9.80 Å². The summed E-state index contributed by atoms with van der Waals surface area (Å²) in [4.78, 5) is 2.53. The maximum atomic E-state index is 14.8. The second-order valence-corrected chi connectivity index (χ2v) is 5.98. The van der Waals surface area contributed by atoms with Gasteiger partial charge in [-0.05, 0) is 27.2 Å². The fraction of sp³-hybridized carbons (Fsp3) is 1.00. The van der Waals surface area contributed by atoms with Gasteiger partial charge in [-0.2, -0.15) is 8.78 Å². The molecule has 1 aliphatic rings. The largest absolute Gasteiger partial charge is 0.383 e. The van der Waals surface area contributed by atoms with Gasteiger partial charge in [0, 0.05) is 38.4 Å². The molecule has 1 unspecified atom stereocenters. The Hall–Kier alpha value is -0.300. The summed E-state index contributed by atoms with van der Waals surface area (Å²) in [5.74, 6) is 0. The lowest BCUT2D eigenvalue weighted by Gasteiger charge is -2.43. The first kappa shape index (κ1) is 17.8. The van der Waals surface area contributed by atoms with Gasteiger partial charge in [0.15, 0.2) is 0 Å². The monoisotopic (exact) mass is 294 g/mol. The summed E-state index contributed by atoms with van der Waals surface area (Å²) < 4.78 is 39.7. The summed E-state index contributed by atoms with van der Waals surface area (Å²) in [6.45, 7) is 8.62. The van der Waals surface area contributed by atoms with Crippen LogP contribution in [-0.2, 0) is 9.47 Å². The molecule has 0 saturated carbocycles. The van der Waals surface area contributed by atoms with Crippen molar-refractivity contribution in [3.8, 4) is 0 Å². The van der Waals surface area contributed by atoms with Crippen molar-refractivity contribution < 1.29 is 18.3 Å². The van der Waals surface area contributed by atoms with Gasteiger partial charge < -0.3 is 9.47 Å². The van der Waals surface area contributed by atoms with Gasteiger partial charge in [0.25, 0.3) is 0 Å². The van der Waals surface area contributed by atoms with Crippen molar-refractivity contribution in [3.63, 3.8) is 0 Å². The molecular weight excluding hydrogens is 266 g/mol. The molecule has 1 fully saturated rings. The van der Waals surface area contributed by atoms with Crippen molar-refractivity contribution in [2.45, 2.75) is 51.4 Å². The van der Waals surface area contributed by atoms with Gasteiger partial charge in [0.2, 0.25) is 0 Å². The summed E-state index contributed by atoms with van der Waals surface area (Å²) in [5, 5.41) is 0. The predicted octanol–water partition coefficient (Wildman–Crippen LogP) is 2.39. The molecule has 0 aromatic rings. The quantitative estimate of drug-likeness (QED) is 0.673. The first-order chi connectivity index (χ1) is 9.20. The zero-order chi connectivity index (χ0) is 15.6. The van der Waals surface area contributed by atoms with E-state index >= 15 is 0 Å². The Morgan fingerprint density at radius 2 is 1.35 bits per heavy atom. The number of hydrogen-bond donors (Lipinski definition) is 0. The third kappa shape index (κ3) is 2.58. The molecule has 0 aliphatic carbocycles. The smallest absolute Gasteiger partial charge is 0.370 e. The Balaban J connectivity index is 3.15. The Kier molecular flexibility index (Phi) is 5.52. The highest BCUT2D eigenvalue weighted by Crippen LogP contribution is 2.51. The van der Waals surface area contributed by atoms with Crippen molar-refractivity contribution in [1.29, 1.82) is 0 Å². The third-order valence-electron chi connectivity index (χ3n) is 4.96. The maximum absolute atomic E-state index is 14.8. The van der Waals surface area contributed by atoms with Gasteiger partial charge in [-0.15, -0.1) is 0 Å². The molecule has 1 heterocycles. The minimum Gasteiger partial charge on any atom is -0.383 e. The van der Waals surface area contributed by atoms with Gasteiger partial charge in [-0.25, -0.2) is 9.80 Å². The minimum absolute atomic E-state index is 0.204. The average molecular weight is 294 g/mol. The molecule has 120 valence electrons. The Labute approximate surface area is 121 Å². The molecule has 0 N–H and O–H groups in total. The van der Waals surface area contributed by atoms with Crippen LogP contribution in [0.3, 0.4) is 0 Å². The molecule has 0 aromatic carbocycles. The minimum atomic E-state index is -2.99. The lowest BCUT2D eigenvalue weighted by Crippen LogP contribution is -2.56. The van der Waals surface area contributed by atoms with Crippen LogP contribution in [0.1, 0.15) is 34.1 Å². The number of halogens is 2. The molecule has 0 amide bonds. The summed E-state index contributed by atoms with van der Waals surface area (Å²) in [7, 11) is 3.06. The van der Waals surface area contributed by atoms with E-state index in [0.717, 1.165) is 0 Å². The van der Waals surface area contributed by atoms with E-state index in [9.17, 15) is 8.78 Å². The van der Waals surface area contributed by atoms with Gasteiger partial charge in [-0.1, -0.05) is 6.92 Å². The molecule has 1 saturated heterocycles. The van der Waals surface area contributed by atoms with Crippen LogP contribution >= 0.6 is 0 Å². The fourth-order valence-corrected chi connectivity index (χ4v) is 3.18. The van der Waals surface area contributed by atoms with E-state index in [1.54, 1.807) is 0 Å². The number of nitrogens with zero attached hydrogens (tertiary/aromatic N) is 2. The molecule has 1 atom stereocenters. The molecular formula is C14H28F2N2O2. The Bertz CT molecular complexity index is 326. The zero-order valence-corrected chi connectivity index (χ0v) is 13.5. The average Bonchev–Trinajstić information content (AvgIpc) is 2.48. The van der Waals surface area contributed by atoms with Gasteiger partial charge in [0.05, 0.1) is 13.2 Å². The van der Waals surface area contributed by atoms with Crippen LogP contribution in [0.25, 0.3) is 0 Å². The highest BCUT2D eigenvalue weighted by molar-refractivity contribution is 5.13. The molecule has 1 aliphatic heterocycles. The molecule has 4 nitrogen and oxygen atoms in total. The lowest BCUT2D eigenvalue weighted by molar-refractivity contribution is -0.232. The van der Waals surface area contributed by atoms with E-state index in [0.29, 0.717) is 13.0 Å². The Morgan fingerprint density at radius 3 is 1.75 bits per heavy atom. The van der Waals surface area contributed by atoms with Crippen LogP contribution in [0.4, 0.5) is 8.78 Å². The zero-order valence-electron chi connectivity index (χ0n) is 13.5. The van der Waals surface area contributed by atoms with Gasteiger partial charge in [-0.3, -0.25) is 0 Å². The van der Waals surface area contributed by atoms with Crippen molar-refractivity contribution in [3.05, 3.63) is 0 Å². The van der Waals surface area contributed by atoms with Gasteiger partial charge >= 0.3 is 6.17 Å². The van der Waals surface area contributed by atoms with E-state index in [4.69, 9.17) is 9.47 Å². The molecule has 20 heavy (non-hydrogen) atoms. The maximum Gasteiger partial charge on any atom is 0.370 e. The van der Waals surface area contributed by atoms with Crippen LogP contribution in [0.2, 0.25) is 0 Å². The number of methoxy groups -OCH3 is 2. The van der Waals surface area contributed by atoms with Crippen molar-refractivity contribution >= 4 is 0 Å². The van der Waals surface area contributed by atoms with Gasteiger partial charge in [0.1, 0.15) is 0 Å². The molecule has 0 aromatic heterocycles. The van der Waals surface area contributed by atoms with E-state index in [-0.39, 0.29) is 19.7 Å². The summed E-state index contributed by atoms with van der Waals surface area (Å²) in [5.41, 5.74) is -1.28. The fourth-order valence-electron chi connectivity index (χ4n) is 3.18. The number of rotatable bonds is 7. The summed E-state index contributed by atoms with van der Waals surface area (Å²) >= 11 is 0. The molecule has 0 bridgehead atoms. The lowest BCUT2D eigenvalue weighted by atomic mass is 9.78. The molecule has 0 spiro atoms. The van der Waals surface area contributed by atoms with Crippen LogP contribution in [0.5, 0.6) is 0 Å². The number of ether oxygens (including phenoxy) is 2. The highest BCUT2D eigenvalue weighted by Gasteiger charge is 2.67.